The molecule has 1 aromatic rings. The van der Waals surface area contributed by atoms with Crippen LogP contribution in [0.4, 0.5) is 10.1 Å². The van der Waals surface area contributed by atoms with E-state index in [9.17, 15) is 9.50 Å². The molecule has 18 heavy (non-hydrogen) atoms. The molecule has 1 aliphatic rings. The molecule has 2 rings (SSSR count). The second-order valence-electron chi connectivity index (χ2n) is 4.69. The van der Waals surface area contributed by atoms with Crippen molar-refractivity contribution in [2.24, 2.45) is 0 Å². The summed E-state index contributed by atoms with van der Waals surface area (Å²) in [6.07, 6.45) is 0. The molecule has 0 aromatic heterocycles. The molecule has 0 amide bonds. The van der Waals surface area contributed by atoms with Crippen molar-refractivity contribution in [1.82, 2.24) is 10.2 Å². The SMILES string of the molecule is Cc1ccc(N)c(O)c1[C@@H](CF)N1CCNCC1. The van der Waals surface area contributed by atoms with E-state index < -0.39 is 12.7 Å². The predicted octanol–water partition coefficient (Wildman–Crippen LogP) is 1.20. The lowest BCUT2D eigenvalue weighted by Gasteiger charge is -2.34. The Morgan fingerprint density at radius 3 is 2.72 bits per heavy atom. The molecular weight excluding hydrogens is 233 g/mol. The minimum Gasteiger partial charge on any atom is -0.505 e. The van der Waals surface area contributed by atoms with Crippen LogP contribution in [0.25, 0.3) is 0 Å². The van der Waals surface area contributed by atoms with Gasteiger partial charge in [0.25, 0.3) is 0 Å². The van der Waals surface area contributed by atoms with E-state index in [1.54, 1.807) is 6.07 Å². The maximum Gasteiger partial charge on any atom is 0.143 e. The lowest BCUT2D eigenvalue weighted by atomic mass is 9.98. The highest BCUT2D eigenvalue weighted by atomic mass is 19.1. The van der Waals surface area contributed by atoms with Gasteiger partial charge in [0.1, 0.15) is 12.4 Å². The number of phenolic OH excluding ortho intramolecular Hbond substituents is 1. The van der Waals surface area contributed by atoms with E-state index in [1.807, 2.05) is 13.0 Å². The zero-order chi connectivity index (χ0) is 13.1. The number of hydrogen-bond donors (Lipinski definition) is 3. The highest BCUT2D eigenvalue weighted by Crippen LogP contribution is 2.36. The fraction of sp³-hybridized carbons (Fsp3) is 0.538. The summed E-state index contributed by atoms with van der Waals surface area (Å²) in [5, 5.41) is 13.3. The van der Waals surface area contributed by atoms with Crippen molar-refractivity contribution in [3.63, 3.8) is 0 Å². The summed E-state index contributed by atoms with van der Waals surface area (Å²) in [6, 6.07) is 3.08. The second kappa shape index (κ2) is 5.54. The van der Waals surface area contributed by atoms with E-state index >= 15 is 0 Å². The zero-order valence-corrected chi connectivity index (χ0v) is 10.6. The van der Waals surface area contributed by atoms with Gasteiger partial charge in [-0.15, -0.1) is 0 Å². The lowest BCUT2D eigenvalue weighted by molar-refractivity contribution is 0.145. The normalized spacial score (nSPS) is 18.8. The fourth-order valence-corrected chi connectivity index (χ4v) is 2.50. The Balaban J connectivity index is 2.34. The van der Waals surface area contributed by atoms with Crippen LogP contribution in [0.3, 0.4) is 0 Å². The average Bonchev–Trinajstić information content (AvgIpc) is 2.40. The summed E-state index contributed by atoms with van der Waals surface area (Å²) >= 11 is 0. The Hall–Kier alpha value is -1.33. The lowest BCUT2D eigenvalue weighted by Crippen LogP contribution is -2.45. The summed E-state index contributed by atoms with van der Waals surface area (Å²) < 4.78 is 13.4. The number of aromatic hydroxyl groups is 1. The monoisotopic (exact) mass is 253 g/mol. The van der Waals surface area contributed by atoms with Gasteiger partial charge in [0.2, 0.25) is 0 Å². The first-order valence-electron chi connectivity index (χ1n) is 6.23. The van der Waals surface area contributed by atoms with Crippen molar-refractivity contribution < 1.29 is 9.50 Å². The molecule has 0 radical (unpaired) electrons. The molecule has 1 saturated heterocycles. The van der Waals surface area contributed by atoms with Crippen molar-refractivity contribution in [2.45, 2.75) is 13.0 Å². The van der Waals surface area contributed by atoms with Crippen LogP contribution in [0.2, 0.25) is 0 Å². The van der Waals surface area contributed by atoms with Crippen molar-refractivity contribution in [3.05, 3.63) is 23.3 Å². The van der Waals surface area contributed by atoms with Crippen LogP contribution in [0.1, 0.15) is 17.2 Å². The van der Waals surface area contributed by atoms with Gasteiger partial charge in [0.15, 0.2) is 0 Å². The Bertz CT molecular complexity index is 419. The number of anilines is 1. The van der Waals surface area contributed by atoms with E-state index in [2.05, 4.69) is 10.2 Å². The van der Waals surface area contributed by atoms with Gasteiger partial charge in [-0.2, -0.15) is 0 Å². The quantitative estimate of drug-likeness (QED) is 0.559. The third-order valence-electron chi connectivity index (χ3n) is 3.54. The predicted molar refractivity (Wildman–Crippen MR) is 70.4 cm³/mol. The third kappa shape index (κ3) is 2.42. The van der Waals surface area contributed by atoms with Crippen molar-refractivity contribution in [1.29, 1.82) is 0 Å². The number of nitrogens with zero attached hydrogens (tertiary/aromatic N) is 1. The molecule has 0 aliphatic carbocycles. The molecule has 4 nitrogen and oxygen atoms in total. The standard InChI is InChI=1S/C13H20FN3O/c1-9-2-3-10(15)13(18)12(9)11(8-14)17-6-4-16-5-7-17/h2-3,11,16,18H,4-8,15H2,1H3/t11-/m1/s1. The molecule has 100 valence electrons. The van der Waals surface area contributed by atoms with Crippen LogP contribution in [-0.2, 0) is 0 Å². The van der Waals surface area contributed by atoms with Crippen LogP contribution in [0, 0.1) is 6.92 Å². The molecule has 1 fully saturated rings. The number of benzene rings is 1. The van der Waals surface area contributed by atoms with E-state index in [-0.39, 0.29) is 5.75 Å². The fourth-order valence-electron chi connectivity index (χ4n) is 2.50. The molecule has 1 atom stereocenters. The first kappa shape index (κ1) is 13.1. The minimum absolute atomic E-state index is 0.0242. The summed E-state index contributed by atoms with van der Waals surface area (Å²) in [6.45, 7) is 4.61. The number of rotatable bonds is 3. The number of aryl methyl sites for hydroxylation is 1. The second-order valence-corrected chi connectivity index (χ2v) is 4.69. The van der Waals surface area contributed by atoms with Crippen molar-refractivity contribution in [3.8, 4) is 5.75 Å². The first-order chi connectivity index (χ1) is 8.65. The highest BCUT2D eigenvalue weighted by Gasteiger charge is 2.26. The zero-order valence-electron chi connectivity index (χ0n) is 10.6. The van der Waals surface area contributed by atoms with E-state index in [4.69, 9.17) is 5.73 Å². The topological polar surface area (TPSA) is 61.5 Å². The molecule has 4 N–H and O–H groups in total. The van der Waals surface area contributed by atoms with Gasteiger partial charge in [-0.1, -0.05) is 6.07 Å². The molecule has 1 aromatic carbocycles. The van der Waals surface area contributed by atoms with E-state index in [0.29, 0.717) is 11.3 Å². The summed E-state index contributed by atoms with van der Waals surface area (Å²) in [5.41, 5.74) is 7.52. The van der Waals surface area contributed by atoms with Crippen molar-refractivity contribution in [2.75, 3.05) is 38.6 Å². The average molecular weight is 253 g/mol. The number of phenols is 1. The van der Waals surface area contributed by atoms with E-state index in [0.717, 1.165) is 31.7 Å². The summed E-state index contributed by atoms with van der Waals surface area (Å²) in [5.74, 6) is 0.0242. The number of hydrogen-bond acceptors (Lipinski definition) is 4. The van der Waals surface area contributed by atoms with Crippen LogP contribution in [0.15, 0.2) is 12.1 Å². The van der Waals surface area contributed by atoms with Crippen LogP contribution >= 0.6 is 0 Å². The van der Waals surface area contributed by atoms with Gasteiger partial charge in [-0.25, -0.2) is 4.39 Å². The van der Waals surface area contributed by atoms with E-state index in [1.165, 1.54) is 0 Å². The molecule has 1 aliphatic heterocycles. The molecule has 1 heterocycles. The van der Waals surface area contributed by atoms with Gasteiger partial charge in [0.05, 0.1) is 11.7 Å². The van der Waals surface area contributed by atoms with Crippen LogP contribution in [0.5, 0.6) is 5.75 Å². The molecule has 0 bridgehead atoms. The van der Waals surface area contributed by atoms with Gasteiger partial charge < -0.3 is 16.2 Å². The number of nitrogen functional groups attached to an aromatic ring is 1. The number of piperazine rings is 1. The molecule has 0 saturated carbocycles. The van der Waals surface area contributed by atoms with Gasteiger partial charge >= 0.3 is 0 Å². The first-order valence-corrected chi connectivity index (χ1v) is 6.23. The Kier molecular flexibility index (Phi) is 4.04. The summed E-state index contributed by atoms with van der Waals surface area (Å²) in [4.78, 5) is 2.05. The molecule has 0 unspecified atom stereocenters. The number of halogens is 1. The largest absolute Gasteiger partial charge is 0.505 e. The minimum atomic E-state index is -0.516. The molecular formula is C13H20FN3O. The Morgan fingerprint density at radius 1 is 1.44 bits per heavy atom. The third-order valence-corrected chi connectivity index (χ3v) is 3.54. The maximum absolute atomic E-state index is 13.4. The van der Waals surface area contributed by atoms with Crippen LogP contribution < -0.4 is 11.1 Å². The summed E-state index contributed by atoms with van der Waals surface area (Å²) in [7, 11) is 0. The Morgan fingerprint density at radius 2 is 2.11 bits per heavy atom. The molecule has 0 spiro atoms. The Labute approximate surface area is 107 Å². The van der Waals surface area contributed by atoms with Crippen molar-refractivity contribution >= 4 is 5.69 Å². The van der Waals surface area contributed by atoms with Gasteiger partial charge in [-0.3, -0.25) is 4.90 Å². The maximum atomic E-state index is 13.4. The van der Waals surface area contributed by atoms with Gasteiger partial charge in [0, 0.05) is 31.7 Å². The smallest absolute Gasteiger partial charge is 0.143 e. The number of alkyl halides is 1. The number of nitrogens with two attached hydrogens (primary N) is 1. The molecule has 5 heteroatoms. The van der Waals surface area contributed by atoms with Crippen LogP contribution in [-0.4, -0.2) is 42.9 Å². The van der Waals surface area contributed by atoms with Gasteiger partial charge in [-0.05, 0) is 18.6 Å². The number of nitrogens with one attached hydrogen (secondary N) is 1. The highest BCUT2D eigenvalue weighted by molar-refractivity contribution is 5.59.